The van der Waals surface area contributed by atoms with Crippen molar-refractivity contribution in [2.45, 2.75) is 52.1 Å². The zero-order valence-electron chi connectivity index (χ0n) is 11.7. The van der Waals surface area contributed by atoms with Gasteiger partial charge in [-0.05, 0) is 51.7 Å². The van der Waals surface area contributed by atoms with E-state index < -0.39 is 0 Å². The number of hydrogen-bond acceptors (Lipinski definition) is 3. The highest BCUT2D eigenvalue weighted by molar-refractivity contribution is 5.20. The minimum absolute atomic E-state index is 0.126. The molecular formula is C15H24N2O. The van der Waals surface area contributed by atoms with E-state index in [0.29, 0.717) is 0 Å². The Kier molecular flexibility index (Phi) is 4.23. The largest absolute Gasteiger partial charge is 0.492 e. The standard InChI is InChI=1S/C15H24N2O/c1-15(2,3)17-9-13-7-8-14(10-16-13)18-11-12-5-4-6-12/h7-8,10,12,17H,4-6,9,11H2,1-3H3. The van der Waals surface area contributed by atoms with Crippen LogP contribution in [0.3, 0.4) is 0 Å². The van der Waals surface area contributed by atoms with Crippen molar-refractivity contribution < 1.29 is 4.74 Å². The summed E-state index contributed by atoms with van der Waals surface area (Å²) in [6, 6.07) is 4.06. The van der Waals surface area contributed by atoms with Crippen molar-refractivity contribution in [3.8, 4) is 5.75 Å². The molecule has 0 saturated heterocycles. The fourth-order valence-electron chi connectivity index (χ4n) is 1.83. The van der Waals surface area contributed by atoms with Gasteiger partial charge in [-0.25, -0.2) is 0 Å². The van der Waals surface area contributed by atoms with Crippen LogP contribution < -0.4 is 10.1 Å². The average Bonchev–Trinajstić information content (AvgIpc) is 2.25. The number of pyridine rings is 1. The Morgan fingerprint density at radius 3 is 2.61 bits per heavy atom. The number of hydrogen-bond donors (Lipinski definition) is 1. The lowest BCUT2D eigenvalue weighted by Crippen LogP contribution is -2.35. The van der Waals surface area contributed by atoms with Crippen molar-refractivity contribution in [2.24, 2.45) is 5.92 Å². The van der Waals surface area contributed by atoms with Crippen LogP contribution in [0.5, 0.6) is 5.75 Å². The highest BCUT2D eigenvalue weighted by Crippen LogP contribution is 2.26. The van der Waals surface area contributed by atoms with Crippen LogP contribution in [0.25, 0.3) is 0 Å². The molecule has 0 aromatic carbocycles. The van der Waals surface area contributed by atoms with Crippen LogP contribution in [-0.4, -0.2) is 17.1 Å². The van der Waals surface area contributed by atoms with Crippen LogP contribution in [0, 0.1) is 5.92 Å². The average molecular weight is 248 g/mol. The third kappa shape index (κ3) is 4.30. The highest BCUT2D eigenvalue weighted by Gasteiger charge is 2.17. The molecule has 1 N–H and O–H groups in total. The number of nitrogens with zero attached hydrogens (tertiary/aromatic N) is 1. The Balaban J connectivity index is 1.77. The molecule has 1 saturated carbocycles. The molecule has 0 aliphatic heterocycles. The number of nitrogens with one attached hydrogen (secondary N) is 1. The van der Waals surface area contributed by atoms with Crippen molar-refractivity contribution >= 4 is 0 Å². The molecule has 3 heteroatoms. The minimum atomic E-state index is 0.126. The molecule has 0 bridgehead atoms. The molecule has 0 radical (unpaired) electrons. The van der Waals surface area contributed by atoms with Crippen molar-refractivity contribution in [2.75, 3.05) is 6.61 Å². The molecule has 1 aromatic heterocycles. The van der Waals surface area contributed by atoms with E-state index in [9.17, 15) is 0 Å². The van der Waals surface area contributed by atoms with Gasteiger partial charge in [0.05, 0.1) is 18.5 Å². The van der Waals surface area contributed by atoms with E-state index in [4.69, 9.17) is 4.74 Å². The maximum absolute atomic E-state index is 5.73. The van der Waals surface area contributed by atoms with Gasteiger partial charge >= 0.3 is 0 Å². The maximum atomic E-state index is 5.73. The molecule has 0 atom stereocenters. The van der Waals surface area contributed by atoms with Gasteiger partial charge in [-0.1, -0.05) is 6.42 Å². The summed E-state index contributed by atoms with van der Waals surface area (Å²) in [5.41, 5.74) is 1.18. The summed E-state index contributed by atoms with van der Waals surface area (Å²) < 4.78 is 5.73. The Labute approximate surface area is 110 Å². The summed E-state index contributed by atoms with van der Waals surface area (Å²) in [5.74, 6) is 1.66. The zero-order valence-corrected chi connectivity index (χ0v) is 11.7. The second kappa shape index (κ2) is 5.70. The van der Waals surface area contributed by atoms with Crippen LogP contribution in [-0.2, 0) is 6.54 Å². The molecule has 2 rings (SSSR count). The topological polar surface area (TPSA) is 34.1 Å². The molecule has 18 heavy (non-hydrogen) atoms. The van der Waals surface area contributed by atoms with Crippen LogP contribution in [0.2, 0.25) is 0 Å². The summed E-state index contributed by atoms with van der Waals surface area (Å²) in [5, 5.41) is 3.42. The molecule has 0 unspecified atom stereocenters. The fourth-order valence-corrected chi connectivity index (χ4v) is 1.83. The molecule has 1 aliphatic carbocycles. The SMILES string of the molecule is CC(C)(C)NCc1ccc(OCC2CCC2)cn1. The van der Waals surface area contributed by atoms with E-state index in [2.05, 4.69) is 31.1 Å². The Morgan fingerprint density at radius 1 is 1.33 bits per heavy atom. The summed E-state index contributed by atoms with van der Waals surface area (Å²) >= 11 is 0. The molecule has 0 spiro atoms. The van der Waals surface area contributed by atoms with Gasteiger partial charge in [-0.15, -0.1) is 0 Å². The van der Waals surface area contributed by atoms with Gasteiger partial charge < -0.3 is 10.1 Å². The highest BCUT2D eigenvalue weighted by atomic mass is 16.5. The quantitative estimate of drug-likeness (QED) is 0.869. The van der Waals surface area contributed by atoms with E-state index in [-0.39, 0.29) is 5.54 Å². The molecule has 3 nitrogen and oxygen atoms in total. The zero-order chi connectivity index (χ0) is 13.0. The second-order valence-electron chi connectivity index (χ2n) is 6.20. The number of rotatable bonds is 5. The molecule has 0 amide bonds. The van der Waals surface area contributed by atoms with Gasteiger partial charge in [0.25, 0.3) is 0 Å². The lowest BCUT2D eigenvalue weighted by atomic mass is 9.86. The van der Waals surface area contributed by atoms with E-state index in [0.717, 1.165) is 30.5 Å². The van der Waals surface area contributed by atoms with Crippen molar-refractivity contribution in [1.29, 1.82) is 0 Å². The van der Waals surface area contributed by atoms with Gasteiger partial charge in [0.1, 0.15) is 5.75 Å². The van der Waals surface area contributed by atoms with E-state index in [1.807, 2.05) is 18.3 Å². The van der Waals surface area contributed by atoms with Crippen molar-refractivity contribution in [3.05, 3.63) is 24.0 Å². The van der Waals surface area contributed by atoms with Gasteiger partial charge in [0.15, 0.2) is 0 Å². The predicted octanol–water partition coefficient (Wildman–Crippen LogP) is 3.15. The summed E-state index contributed by atoms with van der Waals surface area (Å²) in [6.45, 7) is 8.11. The van der Waals surface area contributed by atoms with Gasteiger partial charge in [-0.2, -0.15) is 0 Å². The first kappa shape index (κ1) is 13.3. The van der Waals surface area contributed by atoms with Gasteiger partial charge in [-0.3, -0.25) is 4.98 Å². The van der Waals surface area contributed by atoms with Crippen LogP contribution in [0.4, 0.5) is 0 Å². The first-order valence-corrected chi connectivity index (χ1v) is 6.86. The monoisotopic (exact) mass is 248 g/mol. The minimum Gasteiger partial charge on any atom is -0.492 e. The molecule has 1 fully saturated rings. The van der Waals surface area contributed by atoms with Gasteiger partial charge in [0, 0.05) is 12.1 Å². The first-order valence-electron chi connectivity index (χ1n) is 6.86. The lowest BCUT2D eigenvalue weighted by molar-refractivity contribution is 0.180. The maximum Gasteiger partial charge on any atom is 0.137 e. The molecule has 1 aromatic rings. The van der Waals surface area contributed by atoms with Crippen LogP contribution in [0.1, 0.15) is 45.7 Å². The van der Waals surface area contributed by atoms with E-state index in [1.54, 1.807) is 0 Å². The molecular weight excluding hydrogens is 224 g/mol. The van der Waals surface area contributed by atoms with Crippen molar-refractivity contribution in [1.82, 2.24) is 10.3 Å². The second-order valence-corrected chi connectivity index (χ2v) is 6.20. The normalized spacial score (nSPS) is 16.4. The smallest absolute Gasteiger partial charge is 0.137 e. The lowest BCUT2D eigenvalue weighted by Gasteiger charge is -2.25. The van der Waals surface area contributed by atoms with Gasteiger partial charge in [0.2, 0.25) is 0 Å². The fraction of sp³-hybridized carbons (Fsp3) is 0.667. The first-order chi connectivity index (χ1) is 8.53. The molecule has 100 valence electrons. The third-order valence-electron chi connectivity index (χ3n) is 3.31. The van der Waals surface area contributed by atoms with E-state index >= 15 is 0 Å². The predicted molar refractivity (Wildman–Crippen MR) is 73.7 cm³/mol. The summed E-state index contributed by atoms with van der Waals surface area (Å²) in [4.78, 5) is 4.42. The Hall–Kier alpha value is -1.09. The number of ether oxygens (including phenoxy) is 1. The Morgan fingerprint density at radius 2 is 2.11 bits per heavy atom. The van der Waals surface area contributed by atoms with Crippen LogP contribution in [0.15, 0.2) is 18.3 Å². The molecule has 1 aliphatic rings. The van der Waals surface area contributed by atoms with Crippen molar-refractivity contribution in [3.63, 3.8) is 0 Å². The molecule has 1 heterocycles. The summed E-state index contributed by atoms with van der Waals surface area (Å²) in [6.07, 6.45) is 5.84. The van der Waals surface area contributed by atoms with E-state index in [1.165, 1.54) is 19.3 Å². The Bertz CT molecular complexity index is 363. The van der Waals surface area contributed by atoms with Crippen LogP contribution >= 0.6 is 0 Å². The third-order valence-corrected chi connectivity index (χ3v) is 3.31. The summed E-state index contributed by atoms with van der Waals surface area (Å²) in [7, 11) is 0. The number of aromatic nitrogens is 1.